The van der Waals surface area contributed by atoms with Gasteiger partial charge in [0.15, 0.2) is 16.9 Å². The normalized spacial score (nSPS) is 30.5. The standard InChI is InChI=1S/C29H28ClN5O3/c1-17-33-28-25-22(14-23(37-4)32-26(25)30)38-27(28,20-12-10-18(15-31)11-13-20)24(19-8-6-5-7-9-19)21(16-35(2)3)29(28,36)34-17/h5-14,21,24,36H,16H2,1-4H3,(H,33,34)/t21-,24-,27+,28-,29-/m1/s1. The fraction of sp³-hybridized carbons (Fsp3) is 0.345. The molecule has 2 N–H and O–H groups in total. The second kappa shape index (κ2) is 8.43. The number of benzene rings is 2. The van der Waals surface area contributed by atoms with Gasteiger partial charge in [-0.3, -0.25) is 0 Å². The zero-order chi connectivity index (χ0) is 26.9. The number of methoxy groups -OCH3 is 1. The molecule has 6 rings (SSSR count). The SMILES string of the molecule is COc1cc2c(c(Cl)n1)[C@]13NC(C)=N[C@@]1(O)[C@H](CN(C)C)[C@@H](c1ccccc1)[C@]3(c1ccc(C#N)cc1)O2. The van der Waals surface area contributed by atoms with Gasteiger partial charge < -0.3 is 24.8 Å². The van der Waals surface area contributed by atoms with Crippen molar-refractivity contribution >= 4 is 17.4 Å². The maximum absolute atomic E-state index is 12.9. The van der Waals surface area contributed by atoms with E-state index in [9.17, 15) is 10.4 Å². The van der Waals surface area contributed by atoms with Crippen LogP contribution in [0.3, 0.4) is 0 Å². The Morgan fingerprint density at radius 1 is 1.18 bits per heavy atom. The Balaban J connectivity index is 1.76. The lowest BCUT2D eigenvalue weighted by atomic mass is 9.68. The number of pyridine rings is 1. The van der Waals surface area contributed by atoms with Crippen molar-refractivity contribution in [2.24, 2.45) is 10.9 Å². The first kappa shape index (κ1) is 24.7. The molecule has 1 aromatic heterocycles. The van der Waals surface area contributed by atoms with E-state index >= 15 is 0 Å². The van der Waals surface area contributed by atoms with Crippen LogP contribution in [0.1, 0.15) is 35.1 Å². The molecular formula is C29H28ClN5O3. The number of fused-ring (bicyclic) bond motifs is 1. The van der Waals surface area contributed by atoms with Gasteiger partial charge in [0.1, 0.15) is 10.9 Å². The van der Waals surface area contributed by atoms with Gasteiger partial charge in [0.25, 0.3) is 0 Å². The van der Waals surface area contributed by atoms with Crippen molar-refractivity contribution < 1.29 is 14.6 Å². The van der Waals surface area contributed by atoms with Gasteiger partial charge in [-0.25, -0.2) is 9.98 Å². The summed E-state index contributed by atoms with van der Waals surface area (Å²) in [5, 5.41) is 26.1. The number of aliphatic imine (C=N–C) groups is 1. The smallest absolute Gasteiger partial charge is 0.218 e. The summed E-state index contributed by atoms with van der Waals surface area (Å²) >= 11 is 6.91. The maximum atomic E-state index is 12.9. The highest BCUT2D eigenvalue weighted by molar-refractivity contribution is 6.30. The van der Waals surface area contributed by atoms with Crippen LogP contribution in [0, 0.1) is 17.2 Å². The van der Waals surface area contributed by atoms with Crippen LogP contribution in [-0.4, -0.2) is 54.3 Å². The van der Waals surface area contributed by atoms with Crippen molar-refractivity contribution in [3.05, 3.63) is 88.1 Å². The first-order valence-electron chi connectivity index (χ1n) is 12.4. The minimum absolute atomic E-state index is 0.169. The lowest BCUT2D eigenvalue weighted by molar-refractivity contribution is -0.0803. The quantitative estimate of drug-likeness (QED) is 0.485. The average Bonchev–Trinajstić information content (AvgIpc) is 3.40. The summed E-state index contributed by atoms with van der Waals surface area (Å²) in [6.07, 6.45) is 0. The van der Waals surface area contributed by atoms with E-state index in [4.69, 9.17) is 26.1 Å². The van der Waals surface area contributed by atoms with Gasteiger partial charge in [-0.05, 0) is 44.3 Å². The Bertz CT molecular complexity index is 1490. The number of rotatable bonds is 5. The van der Waals surface area contributed by atoms with Gasteiger partial charge in [-0.2, -0.15) is 5.26 Å². The number of aliphatic hydroxyl groups is 1. The van der Waals surface area contributed by atoms with E-state index in [-0.39, 0.29) is 11.1 Å². The first-order chi connectivity index (χ1) is 18.2. The van der Waals surface area contributed by atoms with Crippen LogP contribution in [0.2, 0.25) is 5.15 Å². The van der Waals surface area contributed by atoms with Crippen molar-refractivity contribution in [1.82, 2.24) is 15.2 Å². The second-order valence-electron chi connectivity index (χ2n) is 10.4. The fourth-order valence-electron chi connectivity index (χ4n) is 6.95. The molecule has 0 unspecified atom stereocenters. The number of amidine groups is 1. The molecule has 1 fully saturated rings. The van der Waals surface area contributed by atoms with Gasteiger partial charge in [0, 0.05) is 24.4 Å². The fourth-order valence-corrected chi connectivity index (χ4v) is 7.27. The molecule has 1 saturated carbocycles. The van der Waals surface area contributed by atoms with Crippen LogP contribution in [0.4, 0.5) is 0 Å². The molecule has 3 aromatic rings. The van der Waals surface area contributed by atoms with Gasteiger partial charge in [0.05, 0.1) is 30.1 Å². The van der Waals surface area contributed by atoms with Crippen molar-refractivity contribution in [2.75, 3.05) is 27.7 Å². The number of ether oxygens (including phenoxy) is 2. The van der Waals surface area contributed by atoms with Crippen LogP contribution in [0.15, 0.2) is 65.7 Å². The molecule has 5 atom stereocenters. The average molecular weight is 530 g/mol. The number of aromatic nitrogens is 1. The lowest BCUT2D eigenvalue weighted by Crippen LogP contribution is -2.63. The zero-order valence-corrected chi connectivity index (χ0v) is 22.3. The van der Waals surface area contributed by atoms with E-state index in [1.807, 2.05) is 51.4 Å². The van der Waals surface area contributed by atoms with Crippen LogP contribution in [0.5, 0.6) is 11.6 Å². The Labute approximate surface area is 226 Å². The number of hydrogen-bond donors (Lipinski definition) is 2. The van der Waals surface area contributed by atoms with E-state index in [2.05, 4.69) is 33.4 Å². The number of halogens is 1. The first-order valence-corrected chi connectivity index (χ1v) is 12.8. The van der Waals surface area contributed by atoms with Crippen molar-refractivity contribution in [3.8, 4) is 17.7 Å². The molecule has 1 aliphatic carbocycles. The number of nitrogens with zero attached hydrogens (tertiary/aromatic N) is 4. The third-order valence-corrected chi connectivity index (χ3v) is 8.38. The van der Waals surface area contributed by atoms with E-state index in [1.54, 1.807) is 18.2 Å². The summed E-state index contributed by atoms with van der Waals surface area (Å²) in [6.45, 7) is 2.36. The monoisotopic (exact) mass is 529 g/mol. The zero-order valence-electron chi connectivity index (χ0n) is 21.6. The molecule has 9 heteroatoms. The summed E-state index contributed by atoms with van der Waals surface area (Å²) in [6, 6.07) is 21.3. The predicted molar refractivity (Wildman–Crippen MR) is 143 cm³/mol. The molecular weight excluding hydrogens is 502 g/mol. The van der Waals surface area contributed by atoms with Crippen LogP contribution in [-0.2, 0) is 11.1 Å². The molecule has 8 nitrogen and oxygen atoms in total. The largest absolute Gasteiger partial charge is 0.481 e. The summed E-state index contributed by atoms with van der Waals surface area (Å²) in [7, 11) is 5.48. The lowest BCUT2D eigenvalue weighted by Gasteiger charge is -2.44. The Kier molecular flexibility index (Phi) is 5.48. The molecule has 0 bridgehead atoms. The third-order valence-electron chi connectivity index (χ3n) is 8.11. The van der Waals surface area contributed by atoms with Gasteiger partial charge >= 0.3 is 0 Å². The highest BCUT2D eigenvalue weighted by Gasteiger charge is 2.85. The topological polar surface area (TPSA) is 103 Å². The van der Waals surface area contributed by atoms with Gasteiger partial charge in [-0.1, -0.05) is 54.1 Å². The molecule has 3 aliphatic rings. The number of hydrogen-bond acceptors (Lipinski definition) is 8. The van der Waals surface area contributed by atoms with Gasteiger partial charge in [0.2, 0.25) is 5.88 Å². The van der Waals surface area contributed by atoms with Crippen molar-refractivity contribution in [1.29, 1.82) is 5.26 Å². The molecule has 38 heavy (non-hydrogen) atoms. The predicted octanol–water partition coefficient (Wildman–Crippen LogP) is 3.78. The molecule has 194 valence electrons. The van der Waals surface area contributed by atoms with Gasteiger partial charge in [-0.15, -0.1) is 0 Å². The number of nitrogens with one attached hydrogen (secondary N) is 1. The highest BCUT2D eigenvalue weighted by atomic mass is 35.5. The molecule has 2 aliphatic heterocycles. The van der Waals surface area contributed by atoms with E-state index in [0.29, 0.717) is 35.1 Å². The molecule has 2 aromatic carbocycles. The Hall–Kier alpha value is -3.64. The van der Waals surface area contributed by atoms with E-state index in [0.717, 1.165) is 11.1 Å². The second-order valence-corrected chi connectivity index (χ2v) is 10.8. The van der Waals surface area contributed by atoms with Crippen LogP contribution in [0.25, 0.3) is 0 Å². The number of nitriles is 1. The summed E-state index contributed by atoms with van der Waals surface area (Å²) in [4.78, 5) is 11.4. The molecule has 0 amide bonds. The maximum Gasteiger partial charge on any atom is 0.218 e. The molecule has 0 saturated heterocycles. The molecule has 0 radical (unpaired) electrons. The summed E-state index contributed by atoms with van der Waals surface area (Å²) in [5.74, 6) is 0.561. The summed E-state index contributed by atoms with van der Waals surface area (Å²) < 4.78 is 12.5. The van der Waals surface area contributed by atoms with E-state index < -0.39 is 22.8 Å². The minimum Gasteiger partial charge on any atom is -0.481 e. The summed E-state index contributed by atoms with van der Waals surface area (Å²) in [5.41, 5.74) is -1.34. The Morgan fingerprint density at radius 3 is 2.53 bits per heavy atom. The Morgan fingerprint density at radius 2 is 1.89 bits per heavy atom. The van der Waals surface area contributed by atoms with Crippen molar-refractivity contribution in [3.63, 3.8) is 0 Å². The molecule has 1 spiro atoms. The van der Waals surface area contributed by atoms with E-state index in [1.165, 1.54) is 7.11 Å². The van der Waals surface area contributed by atoms with Crippen molar-refractivity contribution in [2.45, 2.75) is 29.7 Å². The molecule has 3 heterocycles. The van der Waals surface area contributed by atoms with Crippen LogP contribution < -0.4 is 14.8 Å². The third kappa shape index (κ3) is 2.98. The highest BCUT2D eigenvalue weighted by Crippen LogP contribution is 2.74. The van der Waals surface area contributed by atoms with Crippen LogP contribution >= 0.6 is 11.6 Å². The minimum atomic E-state index is -1.65.